The molecule has 1 N–H and O–H groups in total. The number of fused-ring (bicyclic) bond motifs is 1. The van der Waals surface area contributed by atoms with E-state index in [-0.39, 0.29) is 0 Å². The Labute approximate surface area is 87.5 Å². The van der Waals surface area contributed by atoms with Crippen molar-refractivity contribution in [2.45, 2.75) is 31.2 Å². The average molecular weight is 210 g/mol. The molecule has 76 valence electrons. The molecule has 1 unspecified atom stereocenters. The van der Waals surface area contributed by atoms with Crippen molar-refractivity contribution in [1.82, 2.24) is 20.1 Å². The van der Waals surface area contributed by atoms with E-state index < -0.39 is 0 Å². The Morgan fingerprint density at radius 1 is 1.43 bits per heavy atom. The number of hydrogen-bond donors (Lipinski definition) is 1. The molecule has 1 saturated heterocycles. The first-order valence-electron chi connectivity index (χ1n) is 5.19. The molecule has 1 atom stereocenters. The van der Waals surface area contributed by atoms with Crippen LogP contribution in [0.5, 0.6) is 0 Å². The van der Waals surface area contributed by atoms with Crippen LogP contribution in [-0.4, -0.2) is 27.1 Å². The van der Waals surface area contributed by atoms with Gasteiger partial charge < -0.3 is 9.88 Å². The quantitative estimate of drug-likeness (QED) is 0.749. The van der Waals surface area contributed by atoms with Gasteiger partial charge in [-0.05, 0) is 18.6 Å². The van der Waals surface area contributed by atoms with Gasteiger partial charge in [0.25, 0.3) is 0 Å². The number of aromatic nitrogens is 3. The zero-order valence-electron chi connectivity index (χ0n) is 8.07. The lowest BCUT2D eigenvalue weighted by molar-refractivity contribution is 0.491. The van der Waals surface area contributed by atoms with Crippen LogP contribution in [0.1, 0.15) is 29.7 Å². The van der Waals surface area contributed by atoms with Crippen LogP contribution < -0.4 is 5.32 Å². The van der Waals surface area contributed by atoms with Gasteiger partial charge in [-0.15, -0.1) is 10.2 Å². The number of thioether (sulfide) groups is 1. The maximum atomic E-state index is 4.33. The van der Waals surface area contributed by atoms with Crippen LogP contribution in [0.15, 0.2) is 0 Å². The summed E-state index contributed by atoms with van der Waals surface area (Å²) in [5.41, 5.74) is 0. The molecular formula is C9H14N4S. The molecule has 2 aliphatic heterocycles. The Kier molecular flexibility index (Phi) is 2.21. The first-order chi connectivity index (χ1) is 6.95. The molecule has 3 rings (SSSR count). The van der Waals surface area contributed by atoms with Crippen molar-refractivity contribution in [3.8, 4) is 0 Å². The number of rotatable bonds is 1. The second-order valence-corrected chi connectivity index (χ2v) is 5.12. The van der Waals surface area contributed by atoms with E-state index in [0.717, 1.165) is 25.5 Å². The topological polar surface area (TPSA) is 42.7 Å². The van der Waals surface area contributed by atoms with Gasteiger partial charge in [0.15, 0.2) is 0 Å². The van der Waals surface area contributed by atoms with Crippen molar-refractivity contribution in [3.63, 3.8) is 0 Å². The second-order valence-electron chi connectivity index (χ2n) is 3.80. The predicted molar refractivity (Wildman–Crippen MR) is 56.2 cm³/mol. The fraction of sp³-hybridized carbons (Fsp3) is 0.778. The molecule has 0 amide bonds. The summed E-state index contributed by atoms with van der Waals surface area (Å²) in [6.45, 7) is 2.97. The van der Waals surface area contributed by atoms with Crippen molar-refractivity contribution in [2.75, 3.05) is 12.3 Å². The third kappa shape index (κ3) is 1.35. The van der Waals surface area contributed by atoms with E-state index in [0.29, 0.717) is 5.25 Å². The van der Waals surface area contributed by atoms with Gasteiger partial charge in [0.05, 0.1) is 11.8 Å². The Bertz CT molecular complexity index is 330. The van der Waals surface area contributed by atoms with E-state index in [9.17, 15) is 0 Å². The SMILES string of the molecule is C1CSC(c2nnc3n2CCNC3)C1. The fourth-order valence-electron chi connectivity index (χ4n) is 2.13. The minimum Gasteiger partial charge on any atom is -0.312 e. The summed E-state index contributed by atoms with van der Waals surface area (Å²) in [7, 11) is 0. The first kappa shape index (κ1) is 8.73. The molecule has 4 nitrogen and oxygen atoms in total. The molecule has 1 aromatic rings. The number of nitrogens with one attached hydrogen (secondary N) is 1. The Hall–Kier alpha value is -0.550. The van der Waals surface area contributed by atoms with Gasteiger partial charge in [-0.3, -0.25) is 0 Å². The van der Waals surface area contributed by atoms with Crippen LogP contribution >= 0.6 is 11.8 Å². The van der Waals surface area contributed by atoms with Crippen molar-refractivity contribution in [2.24, 2.45) is 0 Å². The Morgan fingerprint density at radius 2 is 2.43 bits per heavy atom. The van der Waals surface area contributed by atoms with Crippen LogP contribution in [-0.2, 0) is 13.1 Å². The molecule has 0 aromatic carbocycles. The van der Waals surface area contributed by atoms with E-state index in [4.69, 9.17) is 0 Å². The highest BCUT2D eigenvalue weighted by molar-refractivity contribution is 7.99. The molecule has 1 fully saturated rings. The summed E-state index contributed by atoms with van der Waals surface area (Å²) in [5, 5.41) is 12.5. The third-order valence-electron chi connectivity index (χ3n) is 2.87. The van der Waals surface area contributed by atoms with Gasteiger partial charge in [-0.1, -0.05) is 0 Å². The Morgan fingerprint density at radius 3 is 3.29 bits per heavy atom. The summed E-state index contributed by atoms with van der Waals surface area (Å²) in [4.78, 5) is 0. The predicted octanol–water partition coefficient (Wildman–Crippen LogP) is 0.949. The summed E-state index contributed by atoms with van der Waals surface area (Å²) in [5.74, 6) is 3.60. The molecule has 3 heterocycles. The van der Waals surface area contributed by atoms with E-state index in [1.165, 1.54) is 24.4 Å². The highest BCUT2D eigenvalue weighted by Gasteiger charge is 2.25. The lowest BCUT2D eigenvalue weighted by Gasteiger charge is -2.17. The number of nitrogens with zero attached hydrogens (tertiary/aromatic N) is 3. The minimum absolute atomic E-state index is 0.606. The largest absolute Gasteiger partial charge is 0.312 e. The second kappa shape index (κ2) is 3.55. The van der Waals surface area contributed by atoms with Crippen molar-refractivity contribution < 1.29 is 0 Å². The molecule has 0 spiro atoms. The van der Waals surface area contributed by atoms with Gasteiger partial charge >= 0.3 is 0 Å². The summed E-state index contributed by atoms with van der Waals surface area (Å²) in [6, 6.07) is 0. The van der Waals surface area contributed by atoms with Crippen molar-refractivity contribution in [3.05, 3.63) is 11.6 Å². The van der Waals surface area contributed by atoms with Crippen LogP contribution in [0.3, 0.4) is 0 Å². The smallest absolute Gasteiger partial charge is 0.147 e. The number of hydrogen-bond acceptors (Lipinski definition) is 4. The fourth-order valence-corrected chi connectivity index (χ4v) is 3.41. The highest BCUT2D eigenvalue weighted by atomic mass is 32.2. The van der Waals surface area contributed by atoms with Gasteiger partial charge in [-0.2, -0.15) is 11.8 Å². The third-order valence-corrected chi connectivity index (χ3v) is 4.24. The van der Waals surface area contributed by atoms with Crippen molar-refractivity contribution in [1.29, 1.82) is 0 Å². The molecule has 1 aromatic heterocycles. The molecule has 14 heavy (non-hydrogen) atoms. The van der Waals surface area contributed by atoms with Crippen molar-refractivity contribution >= 4 is 11.8 Å². The van der Waals surface area contributed by atoms with Gasteiger partial charge in [0.2, 0.25) is 0 Å². The van der Waals surface area contributed by atoms with Crippen LogP contribution in [0.25, 0.3) is 0 Å². The van der Waals surface area contributed by atoms with Crippen LogP contribution in [0.2, 0.25) is 0 Å². The van der Waals surface area contributed by atoms with E-state index in [1.54, 1.807) is 0 Å². The van der Waals surface area contributed by atoms with Gasteiger partial charge in [-0.25, -0.2) is 0 Å². The first-order valence-corrected chi connectivity index (χ1v) is 6.24. The molecule has 0 bridgehead atoms. The normalized spacial score (nSPS) is 26.4. The van der Waals surface area contributed by atoms with E-state index >= 15 is 0 Å². The maximum Gasteiger partial charge on any atom is 0.147 e. The van der Waals surface area contributed by atoms with E-state index in [1.807, 2.05) is 11.8 Å². The summed E-state index contributed by atoms with van der Waals surface area (Å²) < 4.78 is 2.31. The van der Waals surface area contributed by atoms with Crippen LogP contribution in [0, 0.1) is 0 Å². The average Bonchev–Trinajstić information content (AvgIpc) is 2.85. The van der Waals surface area contributed by atoms with Gasteiger partial charge in [0.1, 0.15) is 11.6 Å². The zero-order valence-corrected chi connectivity index (χ0v) is 8.89. The minimum atomic E-state index is 0.606. The molecular weight excluding hydrogens is 196 g/mol. The molecule has 0 aliphatic carbocycles. The van der Waals surface area contributed by atoms with E-state index in [2.05, 4.69) is 20.1 Å². The van der Waals surface area contributed by atoms with Gasteiger partial charge in [0, 0.05) is 13.1 Å². The highest BCUT2D eigenvalue weighted by Crippen LogP contribution is 2.39. The summed E-state index contributed by atoms with van der Waals surface area (Å²) >= 11 is 2.03. The molecule has 2 aliphatic rings. The summed E-state index contributed by atoms with van der Waals surface area (Å²) in [6.07, 6.45) is 2.60. The van der Waals surface area contributed by atoms with Crippen LogP contribution in [0.4, 0.5) is 0 Å². The molecule has 5 heteroatoms. The lowest BCUT2D eigenvalue weighted by atomic mass is 10.2. The Balaban J connectivity index is 1.93. The maximum absolute atomic E-state index is 4.33. The molecule has 0 radical (unpaired) electrons. The monoisotopic (exact) mass is 210 g/mol. The standard InChI is InChI=1S/C9H14N4S/c1-2-7(14-5-1)9-12-11-8-6-10-3-4-13(8)9/h7,10H,1-6H2. The lowest BCUT2D eigenvalue weighted by Crippen LogP contribution is -2.29. The molecule has 0 saturated carbocycles. The zero-order chi connectivity index (χ0) is 9.38.